The van der Waals surface area contributed by atoms with Crippen LogP contribution in [-0.4, -0.2) is 44.3 Å². The first-order chi connectivity index (χ1) is 18.9. The second-order valence-electron chi connectivity index (χ2n) is 9.63. The quantitative estimate of drug-likeness (QED) is 0.238. The van der Waals surface area contributed by atoms with Gasteiger partial charge in [-0.25, -0.2) is 8.42 Å². The van der Waals surface area contributed by atoms with Crippen LogP contribution in [0.2, 0.25) is 10.0 Å². The molecule has 0 bridgehead atoms. The molecule has 3 aromatic carbocycles. The number of rotatable bonds is 12. The molecular formula is C29H32BrCl2N3O4S. The highest BCUT2D eigenvalue weighted by Crippen LogP contribution is 2.28. The molecule has 0 aliphatic heterocycles. The van der Waals surface area contributed by atoms with E-state index in [9.17, 15) is 18.0 Å². The van der Waals surface area contributed by atoms with Gasteiger partial charge in [-0.2, -0.15) is 0 Å². The zero-order chi connectivity index (χ0) is 29.4. The van der Waals surface area contributed by atoms with Gasteiger partial charge in [0.1, 0.15) is 12.6 Å². The zero-order valence-corrected chi connectivity index (χ0v) is 26.4. The van der Waals surface area contributed by atoms with E-state index in [2.05, 4.69) is 21.2 Å². The summed E-state index contributed by atoms with van der Waals surface area (Å²) in [6.45, 7) is 5.64. The third kappa shape index (κ3) is 8.22. The minimum absolute atomic E-state index is 0.0137. The number of anilines is 1. The standard InChI is InChI=1S/C29H32BrCl2N3O4S/c1-4-27(29(37)33-17-20(2)3)34(18-21-13-14-23(31)16-26(21)32)28(36)19-35(24-10-8-9-22(30)15-24)40(38,39)25-11-6-5-7-12-25/h5-16,20,27H,4,17-19H2,1-3H3,(H,33,37)/t27-/m0/s1. The van der Waals surface area contributed by atoms with Gasteiger partial charge in [-0.3, -0.25) is 13.9 Å². The first-order valence-electron chi connectivity index (χ1n) is 12.8. The van der Waals surface area contributed by atoms with Crippen molar-refractivity contribution in [1.82, 2.24) is 10.2 Å². The Kier molecular flexibility index (Phi) is 11.5. The van der Waals surface area contributed by atoms with Crippen molar-refractivity contribution in [2.24, 2.45) is 5.92 Å². The lowest BCUT2D eigenvalue weighted by atomic mass is 10.1. The molecule has 1 atom stereocenters. The number of amides is 2. The van der Waals surface area contributed by atoms with E-state index in [-0.39, 0.29) is 23.3 Å². The molecule has 0 radical (unpaired) electrons. The first kappa shape index (κ1) is 31.9. The van der Waals surface area contributed by atoms with Crippen LogP contribution in [0.3, 0.4) is 0 Å². The van der Waals surface area contributed by atoms with Crippen LogP contribution in [0.15, 0.2) is 82.2 Å². The molecule has 3 aromatic rings. The molecular weight excluding hydrogens is 637 g/mol. The first-order valence-corrected chi connectivity index (χ1v) is 15.8. The number of benzene rings is 3. The maximum Gasteiger partial charge on any atom is 0.264 e. The van der Waals surface area contributed by atoms with Crippen LogP contribution in [0.5, 0.6) is 0 Å². The summed E-state index contributed by atoms with van der Waals surface area (Å²) in [7, 11) is -4.14. The van der Waals surface area contributed by atoms with Crippen LogP contribution in [0.25, 0.3) is 0 Å². The second-order valence-corrected chi connectivity index (χ2v) is 13.2. The molecule has 0 fully saturated rings. The molecule has 214 valence electrons. The van der Waals surface area contributed by atoms with Crippen molar-refractivity contribution in [3.8, 4) is 0 Å². The molecule has 0 aromatic heterocycles. The summed E-state index contributed by atoms with van der Waals surface area (Å²) >= 11 is 15.9. The van der Waals surface area contributed by atoms with Gasteiger partial charge < -0.3 is 10.2 Å². The van der Waals surface area contributed by atoms with Crippen molar-refractivity contribution in [2.45, 2.75) is 44.7 Å². The summed E-state index contributed by atoms with van der Waals surface area (Å²) in [6.07, 6.45) is 0.309. The lowest BCUT2D eigenvalue weighted by Crippen LogP contribution is -2.52. The van der Waals surface area contributed by atoms with Crippen LogP contribution >= 0.6 is 39.1 Å². The van der Waals surface area contributed by atoms with Gasteiger partial charge in [0.05, 0.1) is 10.6 Å². The van der Waals surface area contributed by atoms with Gasteiger partial charge in [0.2, 0.25) is 11.8 Å². The van der Waals surface area contributed by atoms with Gasteiger partial charge in [0.25, 0.3) is 10.0 Å². The molecule has 0 heterocycles. The van der Waals surface area contributed by atoms with Gasteiger partial charge in [-0.15, -0.1) is 0 Å². The minimum atomic E-state index is -4.14. The monoisotopic (exact) mass is 667 g/mol. The van der Waals surface area contributed by atoms with Gasteiger partial charge in [0.15, 0.2) is 0 Å². The Labute approximate surface area is 254 Å². The Morgan fingerprint density at radius 1 is 0.975 bits per heavy atom. The van der Waals surface area contributed by atoms with E-state index < -0.39 is 28.5 Å². The van der Waals surface area contributed by atoms with Crippen molar-refractivity contribution < 1.29 is 18.0 Å². The Bertz CT molecular complexity index is 1440. The molecule has 0 unspecified atom stereocenters. The molecule has 3 rings (SSSR count). The molecule has 7 nitrogen and oxygen atoms in total. The summed E-state index contributed by atoms with van der Waals surface area (Å²) in [6, 6.07) is 18.7. The number of hydrogen-bond acceptors (Lipinski definition) is 4. The highest BCUT2D eigenvalue weighted by atomic mass is 79.9. The summed E-state index contributed by atoms with van der Waals surface area (Å²) in [5.41, 5.74) is 0.878. The van der Waals surface area contributed by atoms with E-state index >= 15 is 0 Å². The molecule has 0 spiro atoms. The van der Waals surface area contributed by atoms with E-state index in [1.165, 1.54) is 17.0 Å². The maximum atomic E-state index is 14.1. The Balaban J connectivity index is 2.06. The zero-order valence-electron chi connectivity index (χ0n) is 22.5. The second kappa shape index (κ2) is 14.3. The Morgan fingerprint density at radius 2 is 1.68 bits per heavy atom. The molecule has 40 heavy (non-hydrogen) atoms. The molecule has 0 aliphatic rings. The van der Waals surface area contributed by atoms with Gasteiger partial charge in [-0.1, -0.05) is 90.2 Å². The number of hydrogen-bond donors (Lipinski definition) is 1. The average molecular weight is 669 g/mol. The Hall–Kier alpha value is -2.59. The molecule has 0 saturated heterocycles. The van der Waals surface area contributed by atoms with Crippen LogP contribution in [0.1, 0.15) is 32.8 Å². The Morgan fingerprint density at radius 3 is 2.27 bits per heavy atom. The lowest BCUT2D eigenvalue weighted by molar-refractivity contribution is -0.140. The molecule has 1 N–H and O–H groups in total. The van der Waals surface area contributed by atoms with E-state index in [0.717, 1.165) is 4.31 Å². The summed E-state index contributed by atoms with van der Waals surface area (Å²) in [5.74, 6) is -0.675. The number of sulfonamides is 1. The van der Waals surface area contributed by atoms with Crippen LogP contribution < -0.4 is 9.62 Å². The number of halogens is 3. The number of carbonyl (C=O) groups is 2. The van der Waals surface area contributed by atoms with Gasteiger partial charge in [-0.05, 0) is 60.4 Å². The third-order valence-corrected chi connectivity index (χ3v) is 9.00. The maximum absolute atomic E-state index is 14.1. The third-order valence-electron chi connectivity index (χ3n) is 6.13. The van der Waals surface area contributed by atoms with Crippen molar-refractivity contribution in [1.29, 1.82) is 0 Å². The molecule has 11 heteroatoms. The minimum Gasteiger partial charge on any atom is -0.354 e. The highest BCUT2D eigenvalue weighted by Gasteiger charge is 2.34. The summed E-state index contributed by atoms with van der Waals surface area (Å²) in [5, 5.41) is 3.67. The fourth-order valence-corrected chi connectivity index (χ4v) is 6.34. The topological polar surface area (TPSA) is 86.8 Å². The van der Waals surface area contributed by atoms with Crippen molar-refractivity contribution in [2.75, 3.05) is 17.4 Å². The molecule has 0 saturated carbocycles. The summed E-state index contributed by atoms with van der Waals surface area (Å²) in [4.78, 5) is 28.8. The number of nitrogens with one attached hydrogen (secondary N) is 1. The predicted octanol–water partition coefficient (Wildman–Crippen LogP) is 6.53. The predicted molar refractivity (Wildman–Crippen MR) is 164 cm³/mol. The van der Waals surface area contributed by atoms with Crippen LogP contribution in [-0.2, 0) is 26.2 Å². The normalized spacial score (nSPS) is 12.2. The van der Waals surface area contributed by atoms with Crippen LogP contribution in [0.4, 0.5) is 5.69 Å². The smallest absolute Gasteiger partial charge is 0.264 e. The SMILES string of the molecule is CC[C@@H](C(=O)NCC(C)C)N(Cc1ccc(Cl)cc1Cl)C(=O)CN(c1cccc(Br)c1)S(=O)(=O)c1ccccc1. The average Bonchev–Trinajstić information content (AvgIpc) is 2.91. The lowest BCUT2D eigenvalue weighted by Gasteiger charge is -2.33. The van der Waals surface area contributed by atoms with E-state index in [0.29, 0.717) is 38.7 Å². The van der Waals surface area contributed by atoms with Crippen LogP contribution in [0, 0.1) is 5.92 Å². The molecule has 2 amide bonds. The van der Waals surface area contributed by atoms with E-state index in [1.807, 2.05) is 13.8 Å². The van der Waals surface area contributed by atoms with Gasteiger partial charge in [0, 0.05) is 27.6 Å². The van der Waals surface area contributed by atoms with E-state index in [1.54, 1.807) is 67.6 Å². The van der Waals surface area contributed by atoms with Crippen molar-refractivity contribution >= 4 is 66.7 Å². The van der Waals surface area contributed by atoms with Crippen molar-refractivity contribution in [3.63, 3.8) is 0 Å². The van der Waals surface area contributed by atoms with Crippen molar-refractivity contribution in [3.05, 3.63) is 92.9 Å². The fraction of sp³-hybridized carbons (Fsp3) is 0.310. The van der Waals surface area contributed by atoms with E-state index in [4.69, 9.17) is 23.2 Å². The van der Waals surface area contributed by atoms with Gasteiger partial charge >= 0.3 is 0 Å². The largest absolute Gasteiger partial charge is 0.354 e. The number of nitrogens with zero attached hydrogens (tertiary/aromatic N) is 2. The number of carbonyl (C=O) groups excluding carboxylic acids is 2. The highest BCUT2D eigenvalue weighted by molar-refractivity contribution is 9.10. The summed E-state index contributed by atoms with van der Waals surface area (Å²) < 4.78 is 29.4. The fourth-order valence-electron chi connectivity index (χ4n) is 4.06. The molecule has 0 aliphatic carbocycles.